The summed E-state index contributed by atoms with van der Waals surface area (Å²) in [6.07, 6.45) is 31.7. The summed E-state index contributed by atoms with van der Waals surface area (Å²) in [6, 6.07) is 0. The quantitative estimate of drug-likeness (QED) is 0.0309. The van der Waals surface area contributed by atoms with Gasteiger partial charge in [0.15, 0.2) is 20.4 Å². The molecule has 0 aromatic rings. The predicted octanol–water partition coefficient (Wildman–Crippen LogP) is 14.2. The van der Waals surface area contributed by atoms with Crippen molar-refractivity contribution in [3.63, 3.8) is 0 Å². The van der Waals surface area contributed by atoms with E-state index in [9.17, 15) is 28.8 Å². The highest BCUT2D eigenvalue weighted by molar-refractivity contribution is 5.78. The molecule has 14 aliphatic rings. The number of ether oxygens (including phenoxy) is 9. The Labute approximate surface area is 527 Å². The topological polar surface area (TPSA) is 185 Å². The van der Waals surface area contributed by atoms with Crippen LogP contribution in [-0.4, -0.2) is 93.8 Å². The van der Waals surface area contributed by atoms with E-state index in [1.807, 2.05) is 48.5 Å². The fourth-order valence-electron chi connectivity index (χ4n) is 20.6. The van der Waals surface area contributed by atoms with Crippen LogP contribution in [0.1, 0.15) is 235 Å². The SMILES string of the molecule is CCC(C)(C)C(=O)OC1CC2CC(C(=O)OCOCC3CCCCC3)C1C2.CCC(C)(C)C(=O)OC1CC2CC1C1C3CC(CC3C(=O)OCOC3C4CC5CC(C4)CC3C5)C21.CCC(C)C(=O)OC1CC2CC(C(=O)OCOCC3CCCCC3)C1C2. The van der Waals surface area contributed by atoms with Crippen LogP contribution in [0.2, 0.25) is 0 Å². The molecule has 14 rings (SSSR count). The van der Waals surface area contributed by atoms with Crippen molar-refractivity contribution < 1.29 is 71.4 Å². The van der Waals surface area contributed by atoms with Gasteiger partial charge < -0.3 is 42.6 Å². The lowest BCUT2D eigenvalue weighted by Crippen LogP contribution is -2.49. The van der Waals surface area contributed by atoms with Crippen LogP contribution in [-0.2, 0) is 71.4 Å². The van der Waals surface area contributed by atoms with Crippen molar-refractivity contribution in [1.82, 2.24) is 0 Å². The number of rotatable bonds is 23. The normalized spacial score (nSPS) is 39.2. The maximum atomic E-state index is 13.2. The summed E-state index contributed by atoms with van der Waals surface area (Å²) in [5, 5.41) is 0. The van der Waals surface area contributed by atoms with Crippen molar-refractivity contribution in [2.24, 2.45) is 129 Å². The highest BCUT2D eigenvalue weighted by atomic mass is 16.7. The van der Waals surface area contributed by atoms with Gasteiger partial charge in [0.2, 0.25) is 0 Å². The maximum absolute atomic E-state index is 13.2. The average Bonchev–Trinajstić information content (AvgIpc) is 3.24. The third kappa shape index (κ3) is 14.9. The summed E-state index contributed by atoms with van der Waals surface area (Å²) in [5.74, 6) is 8.10. The number of fused-ring (bicyclic) bond motifs is 13. The largest absolute Gasteiger partial charge is 0.462 e. The molecule has 14 aliphatic carbocycles. The first-order chi connectivity index (χ1) is 42.3. The minimum absolute atomic E-state index is 0.0196. The average molecular weight is 1230 g/mol. The summed E-state index contributed by atoms with van der Waals surface area (Å²) >= 11 is 0. The van der Waals surface area contributed by atoms with Crippen LogP contribution >= 0.6 is 0 Å². The number of carbonyl (C=O) groups is 6. The standard InChI is InChI=1S/C30H44O5.C22H36O5.C21H34O5/c1-4-30(2,3)29(32)35-24-13-18-12-23(24)26-21-10-17(25(18)26)11-22(21)28(31)34-14-33-27-19-6-15-5-16(8-19)9-20(27)7-15;1-4-22(2,3)21(24)27-19-12-16-10-17(19)18(11-16)20(23)26-14-25-13-15-8-6-5-7-9-15;1-3-14(2)20(22)26-19-11-16-9-17(19)18(10-16)21(23)25-13-24-12-15-7-5-4-6-8-15/h15-27H,4-14H2,1-3H3;15-19H,4-14H2,1-3H3;14-19H,3-13H2,1-2H3. The molecule has 15 nitrogen and oxygen atoms in total. The third-order valence-corrected chi connectivity index (χ3v) is 26.2. The molecule has 15 heteroatoms. The van der Waals surface area contributed by atoms with E-state index in [2.05, 4.69) is 6.92 Å². The molecule has 88 heavy (non-hydrogen) atoms. The Bertz CT molecular complexity index is 2360. The van der Waals surface area contributed by atoms with Gasteiger partial charge in [-0.05, 0) is 252 Å². The Kier molecular flexibility index (Phi) is 21.7. The van der Waals surface area contributed by atoms with E-state index in [0.29, 0.717) is 84.4 Å². The van der Waals surface area contributed by atoms with Crippen LogP contribution < -0.4 is 0 Å². The second-order valence-electron chi connectivity index (χ2n) is 32.4. The Morgan fingerprint density at radius 3 is 1.33 bits per heavy atom. The van der Waals surface area contributed by atoms with E-state index in [1.165, 1.54) is 109 Å². The van der Waals surface area contributed by atoms with Gasteiger partial charge in [-0.3, -0.25) is 28.8 Å². The van der Waals surface area contributed by atoms with Gasteiger partial charge in [-0.25, -0.2) is 0 Å². The molecule has 0 amide bonds. The Morgan fingerprint density at radius 2 is 0.852 bits per heavy atom. The summed E-state index contributed by atoms with van der Waals surface area (Å²) in [5.41, 5.74) is -0.885. The van der Waals surface area contributed by atoms with Crippen molar-refractivity contribution in [2.45, 2.75) is 260 Å². The van der Waals surface area contributed by atoms with Gasteiger partial charge in [-0.2, -0.15) is 0 Å². The monoisotopic (exact) mass is 1230 g/mol. The lowest BCUT2D eigenvalue weighted by molar-refractivity contribution is -0.192. The van der Waals surface area contributed by atoms with Crippen LogP contribution in [0, 0.1) is 129 Å². The zero-order valence-corrected chi connectivity index (χ0v) is 55.3. The first-order valence-corrected chi connectivity index (χ1v) is 36.2. The van der Waals surface area contributed by atoms with E-state index >= 15 is 0 Å². The first-order valence-electron chi connectivity index (χ1n) is 36.2. The highest BCUT2D eigenvalue weighted by Crippen LogP contribution is 2.69. The van der Waals surface area contributed by atoms with Crippen LogP contribution in [0.5, 0.6) is 0 Å². The fourth-order valence-corrected chi connectivity index (χ4v) is 20.6. The molecular weight excluding hydrogens is 1120 g/mol. The van der Waals surface area contributed by atoms with E-state index in [1.54, 1.807) is 0 Å². The summed E-state index contributed by atoms with van der Waals surface area (Å²) in [7, 11) is 0. The minimum Gasteiger partial charge on any atom is -0.462 e. The lowest BCUT2D eigenvalue weighted by Gasteiger charge is -2.53. The second-order valence-corrected chi connectivity index (χ2v) is 32.4. The number of esters is 6. The molecule has 0 aromatic heterocycles. The van der Waals surface area contributed by atoms with Crippen molar-refractivity contribution >= 4 is 35.8 Å². The van der Waals surface area contributed by atoms with Gasteiger partial charge in [0, 0.05) is 11.8 Å². The number of hydrogen-bond donors (Lipinski definition) is 0. The number of carbonyl (C=O) groups excluding carboxylic acids is 6. The van der Waals surface area contributed by atoms with Gasteiger partial charge in [-0.1, -0.05) is 66.2 Å². The molecule has 0 N–H and O–H groups in total. The highest BCUT2D eigenvalue weighted by Gasteiger charge is 2.67. The van der Waals surface area contributed by atoms with E-state index in [0.717, 1.165) is 88.4 Å². The van der Waals surface area contributed by atoms with Crippen LogP contribution in [0.4, 0.5) is 0 Å². The molecule has 12 bridgehead atoms. The minimum atomic E-state index is -0.467. The van der Waals surface area contributed by atoms with Crippen LogP contribution in [0.25, 0.3) is 0 Å². The zero-order chi connectivity index (χ0) is 62.0. The molecular formula is C73H114O15. The third-order valence-electron chi connectivity index (χ3n) is 26.2. The molecule has 0 spiro atoms. The Morgan fingerprint density at radius 1 is 0.420 bits per heavy atom. The molecule has 17 unspecified atom stereocenters. The molecule has 14 fully saturated rings. The van der Waals surface area contributed by atoms with Gasteiger partial charge in [0.25, 0.3) is 0 Å². The zero-order valence-electron chi connectivity index (χ0n) is 55.3. The van der Waals surface area contributed by atoms with E-state index < -0.39 is 10.8 Å². The van der Waals surface area contributed by atoms with Gasteiger partial charge in [-0.15, -0.1) is 0 Å². The molecule has 0 saturated heterocycles. The van der Waals surface area contributed by atoms with Crippen LogP contribution in [0.15, 0.2) is 0 Å². The van der Waals surface area contributed by atoms with Crippen LogP contribution in [0.3, 0.4) is 0 Å². The van der Waals surface area contributed by atoms with E-state index in [-0.39, 0.29) is 110 Å². The first kappa shape index (κ1) is 66.2. The van der Waals surface area contributed by atoms with Gasteiger partial charge in [0.05, 0.1) is 53.8 Å². The van der Waals surface area contributed by atoms with Crippen molar-refractivity contribution in [1.29, 1.82) is 0 Å². The summed E-state index contributed by atoms with van der Waals surface area (Å²) < 4.78 is 51.7. The van der Waals surface area contributed by atoms with Crippen molar-refractivity contribution in [2.75, 3.05) is 33.6 Å². The maximum Gasteiger partial charge on any atom is 0.311 e. The molecule has 0 heterocycles. The predicted molar refractivity (Wildman–Crippen MR) is 329 cm³/mol. The summed E-state index contributed by atoms with van der Waals surface area (Å²) in [4.78, 5) is 75.5. The molecule has 0 aromatic carbocycles. The molecule has 496 valence electrons. The molecule has 14 saturated carbocycles. The smallest absolute Gasteiger partial charge is 0.311 e. The Balaban J connectivity index is 0.000000139. The van der Waals surface area contributed by atoms with Gasteiger partial charge in [0.1, 0.15) is 18.3 Å². The fraction of sp³-hybridized carbons (Fsp3) is 0.918. The van der Waals surface area contributed by atoms with Crippen molar-refractivity contribution in [3.05, 3.63) is 0 Å². The molecule has 0 radical (unpaired) electrons. The Hall–Kier alpha value is -3.30. The number of hydrogen-bond acceptors (Lipinski definition) is 15. The van der Waals surface area contributed by atoms with Crippen molar-refractivity contribution in [3.8, 4) is 0 Å². The lowest BCUT2D eigenvalue weighted by atomic mass is 9.55. The second kappa shape index (κ2) is 28.9. The van der Waals surface area contributed by atoms with Gasteiger partial charge >= 0.3 is 35.8 Å². The summed E-state index contributed by atoms with van der Waals surface area (Å²) in [6.45, 7) is 17.4. The van der Waals surface area contributed by atoms with E-state index in [4.69, 9.17) is 42.6 Å². The molecule has 17 atom stereocenters. The molecule has 0 aliphatic heterocycles.